The number of rotatable bonds is 3. The van der Waals surface area contributed by atoms with Crippen molar-refractivity contribution in [3.8, 4) is 0 Å². The molecule has 12 heavy (non-hydrogen) atoms. The third-order valence-corrected chi connectivity index (χ3v) is 1.51. The zero-order chi connectivity index (χ0) is 9.56. The fraction of sp³-hybridized carbons (Fsp3) is 0.333. The molecule has 0 aliphatic heterocycles. The minimum absolute atomic E-state index is 1.09. The van der Waals surface area contributed by atoms with E-state index in [1.807, 2.05) is 19.1 Å². The van der Waals surface area contributed by atoms with Crippen LogP contribution in [0.4, 0.5) is 0 Å². The van der Waals surface area contributed by atoms with Gasteiger partial charge in [-0.15, -0.1) is 0 Å². The second kappa shape index (κ2) is 5.59. The third kappa shape index (κ3) is 4.73. The van der Waals surface area contributed by atoms with Gasteiger partial charge in [0.1, 0.15) is 0 Å². The molecule has 0 spiro atoms. The van der Waals surface area contributed by atoms with E-state index in [9.17, 15) is 0 Å². The summed E-state index contributed by atoms with van der Waals surface area (Å²) in [4.78, 5) is 0. The van der Waals surface area contributed by atoms with Crippen LogP contribution in [-0.4, -0.2) is 0 Å². The molecule has 0 rings (SSSR count). The van der Waals surface area contributed by atoms with Gasteiger partial charge in [-0.05, 0) is 38.8 Å². The molecule has 0 radical (unpaired) electrons. The molecular weight excluding hydrogens is 144 g/mol. The Hall–Kier alpha value is -1.04. The van der Waals surface area contributed by atoms with Crippen molar-refractivity contribution in [2.75, 3.05) is 0 Å². The molecule has 0 aliphatic rings. The number of hydrogen-bond donors (Lipinski definition) is 0. The van der Waals surface area contributed by atoms with Crippen LogP contribution in [0.1, 0.15) is 27.7 Å². The normalized spacial score (nSPS) is 11.8. The molecule has 0 saturated carbocycles. The van der Waals surface area contributed by atoms with Crippen LogP contribution in [0.25, 0.3) is 0 Å². The minimum atomic E-state index is 1.09. The van der Waals surface area contributed by atoms with E-state index >= 15 is 0 Å². The summed E-state index contributed by atoms with van der Waals surface area (Å²) in [7, 11) is 0. The Morgan fingerprint density at radius 3 is 2.17 bits per heavy atom. The maximum absolute atomic E-state index is 3.97. The van der Waals surface area contributed by atoms with E-state index in [1.54, 1.807) is 0 Å². The predicted molar refractivity (Wildman–Crippen MR) is 57.1 cm³/mol. The molecule has 0 aromatic carbocycles. The molecule has 0 aromatic rings. The molecule has 0 fully saturated rings. The minimum Gasteiger partial charge on any atom is -0.0915 e. The quantitative estimate of drug-likeness (QED) is 0.549. The molecule has 0 N–H and O–H groups in total. The van der Waals surface area contributed by atoms with E-state index in [0.717, 1.165) is 5.57 Å². The van der Waals surface area contributed by atoms with Gasteiger partial charge in [0.2, 0.25) is 0 Å². The van der Waals surface area contributed by atoms with Gasteiger partial charge in [-0.1, -0.05) is 36.5 Å². The Kier molecular flexibility index (Phi) is 5.11. The fourth-order valence-corrected chi connectivity index (χ4v) is 0.810. The SMILES string of the molecule is C=C(C=C(C)C)/C(C)=C/C=C\C. The van der Waals surface area contributed by atoms with Crippen LogP contribution in [0.5, 0.6) is 0 Å². The topological polar surface area (TPSA) is 0 Å². The standard InChI is InChI=1S/C12H18/c1-6-7-8-11(4)12(5)9-10(2)3/h6-9H,5H2,1-4H3/b7-6-,11-8+. The highest BCUT2D eigenvalue weighted by Gasteiger charge is 1.90. The molecule has 0 bridgehead atoms. The lowest BCUT2D eigenvalue weighted by Crippen LogP contribution is -1.78. The van der Waals surface area contributed by atoms with Gasteiger partial charge in [-0.3, -0.25) is 0 Å². The fourth-order valence-electron chi connectivity index (χ4n) is 0.810. The average Bonchev–Trinajstić information content (AvgIpc) is 1.98. The molecule has 0 aliphatic carbocycles. The van der Waals surface area contributed by atoms with Gasteiger partial charge < -0.3 is 0 Å². The second-order valence-corrected chi connectivity index (χ2v) is 3.12. The largest absolute Gasteiger partial charge is 0.0915 e. The van der Waals surface area contributed by atoms with E-state index in [1.165, 1.54) is 11.1 Å². The van der Waals surface area contributed by atoms with Crippen LogP contribution >= 0.6 is 0 Å². The van der Waals surface area contributed by atoms with Gasteiger partial charge >= 0.3 is 0 Å². The first kappa shape index (κ1) is 11.0. The molecule has 66 valence electrons. The summed E-state index contributed by atoms with van der Waals surface area (Å²) in [5.74, 6) is 0. The Balaban J connectivity index is 4.40. The molecular formula is C12H18. The monoisotopic (exact) mass is 162 g/mol. The van der Waals surface area contributed by atoms with Crippen molar-refractivity contribution in [1.82, 2.24) is 0 Å². The highest BCUT2D eigenvalue weighted by Crippen LogP contribution is 2.10. The van der Waals surface area contributed by atoms with Crippen LogP contribution < -0.4 is 0 Å². The van der Waals surface area contributed by atoms with Gasteiger partial charge in [0.25, 0.3) is 0 Å². The van der Waals surface area contributed by atoms with Crippen molar-refractivity contribution in [1.29, 1.82) is 0 Å². The smallest absolute Gasteiger partial charge is 0.0300 e. The van der Waals surface area contributed by atoms with Crippen LogP contribution in [0.15, 0.2) is 47.6 Å². The summed E-state index contributed by atoms with van der Waals surface area (Å²) in [5.41, 5.74) is 3.59. The van der Waals surface area contributed by atoms with Crippen molar-refractivity contribution in [2.45, 2.75) is 27.7 Å². The Bertz CT molecular complexity index is 233. The summed E-state index contributed by atoms with van der Waals surface area (Å²) in [5, 5.41) is 0. The lowest BCUT2D eigenvalue weighted by atomic mass is 10.1. The van der Waals surface area contributed by atoms with Gasteiger partial charge in [0.05, 0.1) is 0 Å². The zero-order valence-electron chi connectivity index (χ0n) is 8.52. The van der Waals surface area contributed by atoms with Gasteiger partial charge in [0, 0.05) is 0 Å². The maximum atomic E-state index is 3.97. The summed E-state index contributed by atoms with van der Waals surface area (Å²) in [6.07, 6.45) is 8.20. The highest BCUT2D eigenvalue weighted by atomic mass is 14.0. The van der Waals surface area contributed by atoms with E-state index in [0.29, 0.717) is 0 Å². The maximum Gasteiger partial charge on any atom is -0.0300 e. The summed E-state index contributed by atoms with van der Waals surface area (Å²) in [6.45, 7) is 12.2. The summed E-state index contributed by atoms with van der Waals surface area (Å²) in [6, 6.07) is 0. The van der Waals surface area contributed by atoms with E-state index in [4.69, 9.17) is 0 Å². The molecule has 0 heteroatoms. The Morgan fingerprint density at radius 1 is 1.17 bits per heavy atom. The number of hydrogen-bond acceptors (Lipinski definition) is 0. The van der Waals surface area contributed by atoms with E-state index in [2.05, 4.69) is 39.5 Å². The van der Waals surface area contributed by atoms with Crippen LogP contribution in [0, 0.1) is 0 Å². The predicted octanol–water partition coefficient (Wildman–Crippen LogP) is 4.03. The summed E-state index contributed by atoms with van der Waals surface area (Å²) >= 11 is 0. The average molecular weight is 162 g/mol. The van der Waals surface area contributed by atoms with Crippen molar-refractivity contribution in [3.05, 3.63) is 47.6 Å². The van der Waals surface area contributed by atoms with Gasteiger partial charge in [-0.2, -0.15) is 0 Å². The second-order valence-electron chi connectivity index (χ2n) is 3.12. The summed E-state index contributed by atoms with van der Waals surface area (Å²) < 4.78 is 0. The molecule has 0 aromatic heterocycles. The lowest BCUT2D eigenvalue weighted by Gasteiger charge is -1.99. The van der Waals surface area contributed by atoms with Crippen molar-refractivity contribution < 1.29 is 0 Å². The van der Waals surface area contributed by atoms with Crippen molar-refractivity contribution in [2.24, 2.45) is 0 Å². The van der Waals surface area contributed by atoms with Gasteiger partial charge in [-0.25, -0.2) is 0 Å². The van der Waals surface area contributed by atoms with E-state index < -0.39 is 0 Å². The van der Waals surface area contributed by atoms with Crippen LogP contribution in [-0.2, 0) is 0 Å². The first-order chi connectivity index (χ1) is 5.57. The molecule has 0 saturated heterocycles. The Morgan fingerprint density at radius 2 is 1.75 bits per heavy atom. The molecule has 0 amide bonds. The zero-order valence-corrected chi connectivity index (χ0v) is 8.52. The number of allylic oxidation sites excluding steroid dienone is 7. The van der Waals surface area contributed by atoms with E-state index in [-0.39, 0.29) is 0 Å². The van der Waals surface area contributed by atoms with Crippen molar-refractivity contribution >= 4 is 0 Å². The molecule has 0 heterocycles. The Labute approximate surface area is 76.0 Å². The van der Waals surface area contributed by atoms with Crippen LogP contribution in [0.2, 0.25) is 0 Å². The van der Waals surface area contributed by atoms with Crippen LogP contribution in [0.3, 0.4) is 0 Å². The highest BCUT2D eigenvalue weighted by molar-refractivity contribution is 5.38. The molecule has 0 nitrogen and oxygen atoms in total. The lowest BCUT2D eigenvalue weighted by molar-refractivity contribution is 1.34. The first-order valence-corrected chi connectivity index (χ1v) is 4.21. The van der Waals surface area contributed by atoms with Gasteiger partial charge in [0.15, 0.2) is 0 Å². The first-order valence-electron chi connectivity index (χ1n) is 4.21. The molecule has 0 unspecified atom stereocenters. The molecule has 0 atom stereocenters. The van der Waals surface area contributed by atoms with Crippen molar-refractivity contribution in [3.63, 3.8) is 0 Å². The third-order valence-electron chi connectivity index (χ3n) is 1.51.